The largest absolute Gasteiger partial charge is 0.505 e. The van der Waals surface area contributed by atoms with Crippen molar-refractivity contribution in [2.24, 2.45) is 10.2 Å². The number of phenols is 1. The Bertz CT molecular complexity index is 2860. The number of aromatic hydroxyl groups is 1. The SMILES string of the molecule is C=CS(=O)(=O)CN(CS(=O)(=O)C=C)c1nc(Cl)nc(Nc2ccc3c(O)c(N=Nc4cc(OC)c(S(=O)(=O)CCOS(=O)(=O)O)cc4OC)c(S(=O)(=O)O)cc3c2)n1. The fourth-order valence-electron chi connectivity index (χ4n) is 4.72. The Morgan fingerprint density at radius 2 is 1.45 bits per heavy atom. The van der Waals surface area contributed by atoms with Crippen LogP contribution >= 0.6 is 11.6 Å². The van der Waals surface area contributed by atoms with Crippen LogP contribution in [0.4, 0.5) is 29.0 Å². The number of anilines is 3. The number of aromatic nitrogens is 3. The van der Waals surface area contributed by atoms with Crippen LogP contribution < -0.4 is 19.7 Å². The summed E-state index contributed by atoms with van der Waals surface area (Å²) in [6.07, 6.45) is 0. The third kappa shape index (κ3) is 11.5. The molecule has 0 bridgehead atoms. The monoisotopic (exact) mass is 927 g/mol. The Hall–Kier alpha value is -5.07. The van der Waals surface area contributed by atoms with Crippen molar-refractivity contribution in [1.82, 2.24) is 15.0 Å². The standard InChI is InChI=1S/C29H30ClN7O16S5/c1-5-54(39,40)15-37(16-55(41,42)6-2)29-33-27(30)32-28(34-29)31-18-7-8-19-17(11-18)12-24(57(45,46)47)25(26(19)38)36-35-20-13-22(52-4)23(14-21(20)51-3)56(43,44)10-9-53-58(48,49)50/h5-8,11-14,38H,1-2,9-10,15-16H2,3-4H3,(H,45,46,47)(H,48,49,50)(H,31,32,33,34). The fraction of sp³-hybridized carbons (Fsp3) is 0.207. The summed E-state index contributed by atoms with van der Waals surface area (Å²) in [5.41, 5.74) is -0.948. The summed E-state index contributed by atoms with van der Waals surface area (Å²) in [5.74, 6) is -5.07. The van der Waals surface area contributed by atoms with Gasteiger partial charge in [-0.3, -0.25) is 9.11 Å². The van der Waals surface area contributed by atoms with Gasteiger partial charge in [0.25, 0.3) is 10.1 Å². The molecule has 23 nitrogen and oxygen atoms in total. The van der Waals surface area contributed by atoms with Crippen molar-refractivity contribution < 1.29 is 70.0 Å². The zero-order chi connectivity index (χ0) is 43.4. The van der Waals surface area contributed by atoms with Crippen molar-refractivity contribution in [1.29, 1.82) is 0 Å². The lowest BCUT2D eigenvalue weighted by Crippen LogP contribution is -2.35. The highest BCUT2D eigenvalue weighted by atomic mass is 35.5. The number of benzene rings is 3. The van der Waals surface area contributed by atoms with Crippen LogP contribution in [0.1, 0.15) is 0 Å². The zero-order valence-corrected chi connectivity index (χ0v) is 34.5. The number of methoxy groups -OCH3 is 2. The first-order chi connectivity index (χ1) is 26.8. The maximum absolute atomic E-state index is 12.9. The number of nitrogens with zero attached hydrogens (tertiary/aromatic N) is 6. The molecule has 3 aromatic carbocycles. The highest BCUT2D eigenvalue weighted by molar-refractivity contribution is 7.95. The number of hydrogen-bond acceptors (Lipinski definition) is 21. The van der Waals surface area contributed by atoms with E-state index in [1.165, 1.54) is 18.2 Å². The number of ether oxygens (including phenoxy) is 2. The minimum Gasteiger partial charge on any atom is -0.505 e. The van der Waals surface area contributed by atoms with Crippen molar-refractivity contribution in [2.75, 3.05) is 48.5 Å². The molecule has 1 aromatic heterocycles. The summed E-state index contributed by atoms with van der Waals surface area (Å²) < 4.78 is 155. The van der Waals surface area contributed by atoms with E-state index in [9.17, 15) is 51.7 Å². The van der Waals surface area contributed by atoms with E-state index in [2.05, 4.69) is 47.8 Å². The predicted octanol–water partition coefficient (Wildman–Crippen LogP) is 3.24. The third-order valence-corrected chi connectivity index (χ3v) is 12.8. The van der Waals surface area contributed by atoms with Crippen LogP contribution in [0.2, 0.25) is 5.28 Å². The van der Waals surface area contributed by atoms with Crippen molar-refractivity contribution in [3.05, 3.63) is 65.7 Å². The number of azo groups is 1. The number of phenolic OH excluding ortho intramolecular Hbond substituents is 1. The van der Waals surface area contributed by atoms with E-state index in [-0.39, 0.29) is 39.6 Å². The van der Waals surface area contributed by atoms with E-state index in [0.29, 0.717) is 10.8 Å². The van der Waals surface area contributed by atoms with Gasteiger partial charge in [-0.15, -0.1) is 10.2 Å². The number of halogens is 1. The van der Waals surface area contributed by atoms with Gasteiger partial charge in [0.15, 0.2) is 35.3 Å². The number of hydrogen-bond donors (Lipinski definition) is 4. The summed E-state index contributed by atoms with van der Waals surface area (Å²) in [6, 6.07) is 6.73. The average Bonchev–Trinajstić information content (AvgIpc) is 3.12. The molecule has 0 aliphatic rings. The van der Waals surface area contributed by atoms with Crippen molar-refractivity contribution in [3.8, 4) is 17.2 Å². The molecule has 0 aliphatic carbocycles. The van der Waals surface area contributed by atoms with Gasteiger partial charge in [-0.2, -0.15) is 31.8 Å². The van der Waals surface area contributed by atoms with Crippen LogP contribution in [0.25, 0.3) is 10.8 Å². The highest BCUT2D eigenvalue weighted by Crippen LogP contribution is 2.44. The first-order valence-electron chi connectivity index (χ1n) is 15.3. The lowest BCUT2D eigenvalue weighted by Gasteiger charge is -2.21. The molecule has 0 aliphatic heterocycles. The molecular formula is C29H30ClN7O16S5. The van der Waals surface area contributed by atoms with Gasteiger partial charge in [-0.25, -0.2) is 29.4 Å². The van der Waals surface area contributed by atoms with Gasteiger partial charge < -0.3 is 24.8 Å². The molecule has 29 heteroatoms. The normalized spacial score (nSPS) is 12.7. The molecule has 4 rings (SSSR count). The summed E-state index contributed by atoms with van der Waals surface area (Å²) in [7, 11) is -20.4. The van der Waals surface area contributed by atoms with Crippen LogP contribution in [0, 0.1) is 0 Å². The summed E-state index contributed by atoms with van der Waals surface area (Å²) in [5, 5.41) is 22.2. The molecule has 0 amide bonds. The maximum atomic E-state index is 12.9. The van der Waals surface area contributed by atoms with Crippen LogP contribution in [0.15, 0.2) is 80.4 Å². The van der Waals surface area contributed by atoms with Gasteiger partial charge in [0.1, 0.15) is 44.4 Å². The van der Waals surface area contributed by atoms with E-state index in [0.717, 1.165) is 37.3 Å². The Morgan fingerprint density at radius 1 is 0.828 bits per heavy atom. The fourth-order valence-corrected chi connectivity index (χ4v) is 8.80. The third-order valence-electron chi connectivity index (χ3n) is 7.29. The Labute approximate surface area is 336 Å². The van der Waals surface area contributed by atoms with Crippen LogP contribution in [0.5, 0.6) is 17.2 Å². The van der Waals surface area contributed by atoms with E-state index in [4.69, 9.17) is 25.6 Å². The smallest absolute Gasteiger partial charge is 0.397 e. The van der Waals surface area contributed by atoms with E-state index in [1.54, 1.807) is 0 Å². The summed E-state index contributed by atoms with van der Waals surface area (Å²) in [6.45, 7) is 5.44. The number of nitrogens with one attached hydrogen (secondary N) is 1. The molecule has 0 spiro atoms. The average molecular weight is 928 g/mol. The highest BCUT2D eigenvalue weighted by Gasteiger charge is 2.27. The molecule has 0 radical (unpaired) electrons. The molecule has 4 N–H and O–H groups in total. The van der Waals surface area contributed by atoms with Crippen molar-refractivity contribution in [2.45, 2.75) is 9.79 Å². The second-order valence-corrected chi connectivity index (χ2v) is 20.0. The second kappa shape index (κ2) is 17.4. The van der Waals surface area contributed by atoms with E-state index in [1.807, 2.05) is 0 Å². The predicted molar refractivity (Wildman–Crippen MR) is 207 cm³/mol. The quantitative estimate of drug-likeness (QED) is 0.0774. The molecule has 0 fully saturated rings. The zero-order valence-electron chi connectivity index (χ0n) is 29.6. The van der Waals surface area contributed by atoms with Crippen molar-refractivity contribution >= 4 is 101 Å². The molecule has 58 heavy (non-hydrogen) atoms. The van der Waals surface area contributed by atoms with Gasteiger partial charge in [0.2, 0.25) is 17.2 Å². The summed E-state index contributed by atoms with van der Waals surface area (Å²) >= 11 is 6.06. The van der Waals surface area contributed by atoms with Gasteiger partial charge in [-0.1, -0.05) is 13.2 Å². The minimum absolute atomic E-state index is 0.0305. The van der Waals surface area contributed by atoms with Gasteiger partial charge in [-0.05, 0) is 41.3 Å². The van der Waals surface area contributed by atoms with Crippen LogP contribution in [-0.4, -0.2) is 110 Å². The number of sulfone groups is 3. The Kier molecular flexibility index (Phi) is 13.7. The second-order valence-electron chi connectivity index (χ2n) is 11.2. The molecule has 1 heterocycles. The molecule has 0 unspecified atom stereocenters. The topological polar surface area (TPSA) is 338 Å². The lowest BCUT2D eigenvalue weighted by molar-refractivity contribution is 0.283. The molecule has 4 aromatic rings. The molecular weight excluding hydrogens is 898 g/mol. The Morgan fingerprint density at radius 3 is 2.00 bits per heavy atom. The number of rotatable bonds is 19. The van der Waals surface area contributed by atoms with E-state index >= 15 is 0 Å². The molecule has 0 saturated heterocycles. The van der Waals surface area contributed by atoms with Gasteiger partial charge >= 0.3 is 10.4 Å². The van der Waals surface area contributed by atoms with Crippen LogP contribution in [-0.2, 0) is 54.2 Å². The van der Waals surface area contributed by atoms with E-state index < -0.39 is 107 Å². The first kappa shape index (κ1) is 45.6. The lowest BCUT2D eigenvalue weighted by atomic mass is 10.1. The minimum atomic E-state index is -5.16. The van der Waals surface area contributed by atoms with Crippen LogP contribution in [0.3, 0.4) is 0 Å². The van der Waals surface area contributed by atoms with Crippen molar-refractivity contribution in [3.63, 3.8) is 0 Å². The Balaban J connectivity index is 1.76. The molecule has 314 valence electrons. The first-order valence-corrected chi connectivity index (χ1v) is 23.5. The van der Waals surface area contributed by atoms with Gasteiger partial charge in [0, 0.05) is 34.0 Å². The maximum Gasteiger partial charge on any atom is 0.397 e. The molecule has 0 saturated carbocycles. The molecule has 0 atom stereocenters. The summed E-state index contributed by atoms with van der Waals surface area (Å²) in [4.78, 5) is 11.1. The number of fused-ring (bicyclic) bond motifs is 1. The van der Waals surface area contributed by atoms with Gasteiger partial charge in [0.05, 0.1) is 26.6 Å².